The van der Waals surface area contributed by atoms with Gasteiger partial charge in [-0.25, -0.2) is 4.98 Å². The van der Waals surface area contributed by atoms with E-state index in [2.05, 4.69) is 48.1 Å². The highest BCUT2D eigenvalue weighted by Gasteiger charge is 2.47. The number of hydrogen-bond donors (Lipinski definition) is 3. The first-order chi connectivity index (χ1) is 17.3. The van der Waals surface area contributed by atoms with Crippen LogP contribution < -0.4 is 5.32 Å². The van der Waals surface area contributed by atoms with Gasteiger partial charge in [-0.1, -0.05) is 44.6 Å². The molecular formula is C30H42N2O4S. The van der Waals surface area contributed by atoms with Gasteiger partial charge in [0, 0.05) is 17.8 Å². The summed E-state index contributed by atoms with van der Waals surface area (Å²) in [6, 6.07) is 5.98. The summed E-state index contributed by atoms with van der Waals surface area (Å²) in [5.41, 5.74) is 2.23. The van der Waals surface area contributed by atoms with Crippen molar-refractivity contribution in [3.8, 4) is 0 Å². The van der Waals surface area contributed by atoms with E-state index in [-0.39, 0.29) is 30.6 Å². The zero-order chi connectivity index (χ0) is 27.4. The van der Waals surface area contributed by atoms with Crippen LogP contribution in [0.1, 0.15) is 89.3 Å². The number of amides is 1. The second kappa shape index (κ2) is 12.0. The number of aromatic nitrogens is 1. The molecule has 2 aromatic rings. The first-order valence-electron chi connectivity index (χ1n) is 13.3. The van der Waals surface area contributed by atoms with E-state index in [4.69, 9.17) is 0 Å². The molecule has 3 N–H and O–H groups in total. The van der Waals surface area contributed by atoms with E-state index in [9.17, 15) is 19.8 Å². The van der Waals surface area contributed by atoms with E-state index in [1.54, 1.807) is 38.2 Å². The maximum Gasteiger partial charge on any atom is 0.220 e. The Balaban J connectivity index is 1.92. The number of thiazole rings is 1. The lowest BCUT2D eigenvalue weighted by Crippen LogP contribution is -2.50. The second-order valence-corrected chi connectivity index (χ2v) is 12.5. The van der Waals surface area contributed by atoms with Crippen LogP contribution in [-0.4, -0.2) is 32.7 Å². The molecule has 0 radical (unpaired) electrons. The Morgan fingerprint density at radius 1 is 1.22 bits per heavy atom. The number of aryl methyl sites for hydroxylation is 1. The molecule has 1 aromatic heterocycles. The minimum atomic E-state index is -2.14. The Morgan fingerprint density at radius 2 is 1.95 bits per heavy atom. The monoisotopic (exact) mass is 526 g/mol. The third kappa shape index (κ3) is 7.15. The molecule has 0 saturated heterocycles. The molecule has 1 amide bonds. The van der Waals surface area contributed by atoms with Gasteiger partial charge < -0.3 is 15.5 Å². The van der Waals surface area contributed by atoms with Crippen molar-refractivity contribution < 1.29 is 19.8 Å². The Hall–Kier alpha value is -2.35. The van der Waals surface area contributed by atoms with Gasteiger partial charge in [0.25, 0.3) is 0 Å². The molecule has 2 heterocycles. The lowest BCUT2D eigenvalue weighted by atomic mass is 9.71. The Labute approximate surface area is 224 Å². The van der Waals surface area contributed by atoms with E-state index in [1.807, 2.05) is 6.92 Å². The molecule has 3 atom stereocenters. The van der Waals surface area contributed by atoms with Crippen LogP contribution in [0.2, 0.25) is 0 Å². The van der Waals surface area contributed by atoms with E-state index in [0.717, 1.165) is 33.6 Å². The average molecular weight is 527 g/mol. The number of carbonyl (C=O) groups is 2. The van der Waals surface area contributed by atoms with Gasteiger partial charge >= 0.3 is 0 Å². The van der Waals surface area contributed by atoms with Crippen LogP contribution >= 0.6 is 11.3 Å². The number of ketones is 1. The highest BCUT2D eigenvalue weighted by atomic mass is 32.1. The maximum absolute atomic E-state index is 13.6. The van der Waals surface area contributed by atoms with E-state index < -0.39 is 23.0 Å². The van der Waals surface area contributed by atoms with Crippen molar-refractivity contribution in [2.75, 3.05) is 0 Å². The van der Waals surface area contributed by atoms with Crippen LogP contribution in [0.15, 0.2) is 42.5 Å². The van der Waals surface area contributed by atoms with Crippen LogP contribution in [-0.2, 0) is 9.59 Å². The molecule has 0 spiro atoms. The summed E-state index contributed by atoms with van der Waals surface area (Å²) in [6.07, 6.45) is 7.17. The van der Waals surface area contributed by atoms with E-state index >= 15 is 0 Å². The fourth-order valence-electron chi connectivity index (χ4n) is 5.15. The fraction of sp³-hybridized carbons (Fsp3) is 0.567. The van der Waals surface area contributed by atoms with Crippen LogP contribution in [0.3, 0.4) is 0 Å². The smallest absolute Gasteiger partial charge is 0.220 e. The molecule has 0 bridgehead atoms. The second-order valence-electron chi connectivity index (χ2n) is 11.3. The molecular weight excluding hydrogens is 484 g/mol. The lowest BCUT2D eigenvalue weighted by Gasteiger charge is -2.39. The number of nitrogens with one attached hydrogen (secondary N) is 1. The number of benzene rings is 1. The van der Waals surface area contributed by atoms with Gasteiger partial charge in [-0.05, 0) is 70.1 Å². The minimum absolute atomic E-state index is 0.133. The predicted molar refractivity (Wildman–Crippen MR) is 150 cm³/mol. The van der Waals surface area contributed by atoms with E-state index in [1.165, 1.54) is 5.57 Å². The van der Waals surface area contributed by atoms with Gasteiger partial charge in [0.15, 0.2) is 5.79 Å². The first kappa shape index (κ1) is 29.2. The van der Waals surface area contributed by atoms with Gasteiger partial charge in [-0.3, -0.25) is 9.59 Å². The van der Waals surface area contributed by atoms with Gasteiger partial charge in [-0.15, -0.1) is 17.9 Å². The van der Waals surface area contributed by atoms with Crippen LogP contribution in [0.5, 0.6) is 0 Å². The fourth-order valence-corrected chi connectivity index (χ4v) is 5.95. The van der Waals surface area contributed by atoms with Gasteiger partial charge in [0.05, 0.1) is 27.2 Å². The SMILES string of the molecule is C=CCC1C(=O)C(C)(C)CCC(=O)NC(c2ccc3sc(C)nc3c2)CC=C(C)CCCC(C)C1(O)O. The highest BCUT2D eigenvalue weighted by Crippen LogP contribution is 2.38. The number of carbonyl (C=O) groups excluding carboxylic acids is 2. The van der Waals surface area contributed by atoms with Gasteiger partial charge in [0.1, 0.15) is 5.78 Å². The third-order valence-electron chi connectivity index (χ3n) is 7.77. The predicted octanol–water partition coefficient (Wildman–Crippen LogP) is 6.17. The number of aliphatic hydroxyl groups is 2. The molecule has 3 rings (SSSR count). The molecule has 0 saturated carbocycles. The highest BCUT2D eigenvalue weighted by molar-refractivity contribution is 7.18. The van der Waals surface area contributed by atoms with Crippen LogP contribution in [0, 0.1) is 24.2 Å². The molecule has 6 nitrogen and oxygen atoms in total. The molecule has 3 unspecified atom stereocenters. The first-order valence-corrected chi connectivity index (χ1v) is 14.1. The quantitative estimate of drug-likeness (QED) is 0.328. The number of rotatable bonds is 3. The number of hydrogen-bond acceptors (Lipinski definition) is 6. The molecule has 0 aliphatic carbocycles. The van der Waals surface area contributed by atoms with Crippen molar-refractivity contribution in [3.05, 3.63) is 53.1 Å². The van der Waals surface area contributed by atoms with Crippen molar-refractivity contribution in [1.82, 2.24) is 10.3 Å². The molecule has 1 aliphatic heterocycles. The summed E-state index contributed by atoms with van der Waals surface area (Å²) in [5, 5.41) is 26.4. The Morgan fingerprint density at radius 3 is 2.65 bits per heavy atom. The molecule has 202 valence electrons. The normalized spacial score (nSPS) is 25.9. The van der Waals surface area contributed by atoms with Crippen molar-refractivity contribution in [2.45, 2.75) is 91.4 Å². The van der Waals surface area contributed by atoms with Crippen LogP contribution in [0.25, 0.3) is 10.2 Å². The zero-order valence-electron chi connectivity index (χ0n) is 22.8. The van der Waals surface area contributed by atoms with E-state index in [0.29, 0.717) is 19.3 Å². The maximum atomic E-state index is 13.6. The standard InChI is InChI=1S/C30H42N2O4S/c1-7-9-23-28(34)29(5,6)17-16-27(33)32-24(22-13-15-26-25(18-22)31-21(4)37-26)14-12-19(2)10-8-11-20(3)30(23,35)36/h7,12-13,15,18,20,23-24,35-36H,1,8-11,14,16-17H2,2-6H3,(H,32,33). The largest absolute Gasteiger partial charge is 0.365 e. The average Bonchev–Trinajstić information content (AvgIpc) is 3.21. The number of fused-ring (bicyclic) bond motifs is 1. The number of nitrogens with zero attached hydrogens (tertiary/aromatic N) is 1. The molecule has 1 aromatic carbocycles. The molecule has 37 heavy (non-hydrogen) atoms. The molecule has 7 heteroatoms. The Kier molecular flexibility index (Phi) is 9.48. The van der Waals surface area contributed by atoms with Crippen molar-refractivity contribution in [1.29, 1.82) is 0 Å². The Bertz CT molecular complexity index is 1160. The third-order valence-corrected chi connectivity index (χ3v) is 8.72. The zero-order valence-corrected chi connectivity index (χ0v) is 23.7. The van der Waals surface area contributed by atoms with Crippen molar-refractivity contribution in [3.63, 3.8) is 0 Å². The van der Waals surface area contributed by atoms with Crippen molar-refractivity contribution in [2.24, 2.45) is 17.3 Å². The summed E-state index contributed by atoms with van der Waals surface area (Å²) < 4.78 is 1.12. The summed E-state index contributed by atoms with van der Waals surface area (Å²) in [5.74, 6) is -4.00. The molecule has 1 aliphatic rings. The summed E-state index contributed by atoms with van der Waals surface area (Å²) >= 11 is 1.65. The van der Waals surface area contributed by atoms with Crippen LogP contribution in [0.4, 0.5) is 0 Å². The van der Waals surface area contributed by atoms with Gasteiger partial charge in [-0.2, -0.15) is 0 Å². The number of Topliss-reactive ketones (excluding diaryl/α,β-unsaturated/α-hetero) is 1. The van der Waals surface area contributed by atoms with Gasteiger partial charge in [0.2, 0.25) is 5.91 Å². The lowest BCUT2D eigenvalue weighted by molar-refractivity contribution is -0.233. The minimum Gasteiger partial charge on any atom is -0.365 e. The molecule has 0 fully saturated rings. The van der Waals surface area contributed by atoms with Crippen molar-refractivity contribution >= 4 is 33.2 Å². The number of allylic oxidation sites excluding steroid dienone is 2. The summed E-state index contributed by atoms with van der Waals surface area (Å²) in [6.45, 7) is 13.2. The summed E-state index contributed by atoms with van der Waals surface area (Å²) in [4.78, 5) is 31.3. The topological polar surface area (TPSA) is 99.5 Å². The summed E-state index contributed by atoms with van der Waals surface area (Å²) in [7, 11) is 0.